The maximum Gasteiger partial charge on any atom is 0.267 e. The van der Waals surface area contributed by atoms with Crippen molar-refractivity contribution in [1.29, 1.82) is 5.26 Å². The van der Waals surface area contributed by atoms with E-state index in [9.17, 15) is 9.90 Å². The lowest BCUT2D eigenvalue weighted by atomic mass is 10.1. The molecule has 0 radical (unpaired) electrons. The number of nitrogens with one attached hydrogen (secondary N) is 1. The van der Waals surface area contributed by atoms with Crippen LogP contribution in [0.1, 0.15) is 35.3 Å². The highest BCUT2D eigenvalue weighted by atomic mass is 16.3. The average Bonchev–Trinajstić information content (AvgIpc) is 2.92. The summed E-state index contributed by atoms with van der Waals surface area (Å²) in [5, 5.41) is 21.3. The number of aryl methyl sites for hydroxylation is 1. The lowest BCUT2D eigenvalue weighted by molar-refractivity contribution is 0.0909. The molecule has 1 saturated carbocycles. The summed E-state index contributed by atoms with van der Waals surface area (Å²) < 4.78 is 1.64. The quantitative estimate of drug-likeness (QED) is 0.828. The summed E-state index contributed by atoms with van der Waals surface area (Å²) in [4.78, 5) is 11.9. The summed E-state index contributed by atoms with van der Waals surface area (Å²) in [5.74, 6) is -0.0391. The van der Waals surface area contributed by atoms with Crippen LogP contribution in [0.2, 0.25) is 0 Å². The molecule has 5 nitrogen and oxygen atoms in total. The van der Waals surface area contributed by atoms with Crippen LogP contribution in [-0.4, -0.2) is 28.2 Å². The van der Waals surface area contributed by atoms with Gasteiger partial charge >= 0.3 is 0 Å². The zero-order chi connectivity index (χ0) is 13.1. The maximum atomic E-state index is 11.9. The Morgan fingerprint density at radius 3 is 3.00 bits per heavy atom. The van der Waals surface area contributed by atoms with Crippen LogP contribution in [0.15, 0.2) is 12.3 Å². The standard InChI is InChI=1S/C13H17N3O2/c1-16-8-9(6-14)5-11(16)13(18)15-7-10-3-2-4-12(10)17/h5,8,10,12,17H,2-4,7H2,1H3,(H,15,18). The number of carbonyl (C=O) groups excluding carboxylic acids is 1. The van der Waals surface area contributed by atoms with Gasteiger partial charge in [-0.1, -0.05) is 6.42 Å². The molecular weight excluding hydrogens is 230 g/mol. The highest BCUT2D eigenvalue weighted by Crippen LogP contribution is 2.24. The Balaban J connectivity index is 1.95. The van der Waals surface area contributed by atoms with Crippen molar-refractivity contribution in [3.05, 3.63) is 23.5 Å². The van der Waals surface area contributed by atoms with Crippen LogP contribution in [0.25, 0.3) is 0 Å². The van der Waals surface area contributed by atoms with Gasteiger partial charge in [-0.15, -0.1) is 0 Å². The molecule has 18 heavy (non-hydrogen) atoms. The third-order valence-electron chi connectivity index (χ3n) is 3.51. The molecule has 2 N–H and O–H groups in total. The van der Waals surface area contributed by atoms with Crippen molar-refractivity contribution in [2.75, 3.05) is 6.54 Å². The van der Waals surface area contributed by atoms with Gasteiger partial charge in [0.2, 0.25) is 0 Å². The summed E-state index contributed by atoms with van der Waals surface area (Å²) in [6.45, 7) is 0.493. The number of carbonyl (C=O) groups is 1. The predicted octanol–water partition coefficient (Wildman–Crippen LogP) is 0.788. The van der Waals surface area contributed by atoms with E-state index in [0.29, 0.717) is 17.8 Å². The molecule has 1 heterocycles. The fourth-order valence-electron chi connectivity index (χ4n) is 2.42. The second-order valence-electron chi connectivity index (χ2n) is 4.81. The van der Waals surface area contributed by atoms with Crippen LogP contribution >= 0.6 is 0 Å². The van der Waals surface area contributed by atoms with Gasteiger partial charge in [-0.2, -0.15) is 5.26 Å². The van der Waals surface area contributed by atoms with Gasteiger partial charge in [0.15, 0.2) is 0 Å². The average molecular weight is 247 g/mol. The van der Waals surface area contributed by atoms with Crippen molar-refractivity contribution in [3.8, 4) is 6.07 Å². The van der Waals surface area contributed by atoms with Gasteiger partial charge in [0.1, 0.15) is 11.8 Å². The van der Waals surface area contributed by atoms with E-state index in [-0.39, 0.29) is 17.9 Å². The molecule has 1 aromatic heterocycles. The van der Waals surface area contributed by atoms with Gasteiger partial charge in [-0.3, -0.25) is 4.79 Å². The van der Waals surface area contributed by atoms with Crippen LogP contribution < -0.4 is 5.32 Å². The molecule has 1 aromatic rings. The van der Waals surface area contributed by atoms with E-state index in [1.807, 2.05) is 6.07 Å². The molecule has 0 spiro atoms. The molecule has 1 aliphatic carbocycles. The van der Waals surface area contributed by atoms with Crippen molar-refractivity contribution in [1.82, 2.24) is 9.88 Å². The first kappa shape index (κ1) is 12.7. The number of nitrogens with zero attached hydrogens (tertiary/aromatic N) is 2. The van der Waals surface area contributed by atoms with E-state index >= 15 is 0 Å². The molecule has 0 aliphatic heterocycles. The molecule has 2 atom stereocenters. The largest absolute Gasteiger partial charge is 0.393 e. The molecule has 2 rings (SSSR count). The lowest BCUT2D eigenvalue weighted by Gasteiger charge is -2.15. The number of aliphatic hydroxyl groups is 1. The molecule has 0 saturated heterocycles. The van der Waals surface area contributed by atoms with Crippen LogP contribution in [-0.2, 0) is 7.05 Å². The van der Waals surface area contributed by atoms with Crippen molar-refractivity contribution in [2.24, 2.45) is 13.0 Å². The zero-order valence-corrected chi connectivity index (χ0v) is 10.4. The first-order chi connectivity index (χ1) is 8.61. The summed E-state index contributed by atoms with van der Waals surface area (Å²) in [5.41, 5.74) is 0.947. The summed E-state index contributed by atoms with van der Waals surface area (Å²) in [6.07, 6.45) is 4.12. The van der Waals surface area contributed by atoms with Gasteiger partial charge < -0.3 is 15.0 Å². The SMILES string of the molecule is Cn1cc(C#N)cc1C(=O)NCC1CCCC1O. The van der Waals surface area contributed by atoms with E-state index in [4.69, 9.17) is 5.26 Å². The highest BCUT2D eigenvalue weighted by Gasteiger charge is 2.25. The van der Waals surface area contributed by atoms with Gasteiger partial charge in [-0.05, 0) is 18.9 Å². The van der Waals surface area contributed by atoms with Crippen LogP contribution in [0, 0.1) is 17.2 Å². The Kier molecular flexibility index (Phi) is 3.68. The maximum absolute atomic E-state index is 11.9. The molecule has 1 fully saturated rings. The number of hydrogen-bond donors (Lipinski definition) is 2. The summed E-state index contributed by atoms with van der Waals surface area (Å²) >= 11 is 0. The minimum absolute atomic E-state index is 0.157. The van der Waals surface area contributed by atoms with Crippen LogP contribution in [0.3, 0.4) is 0 Å². The Hall–Kier alpha value is -1.80. The van der Waals surface area contributed by atoms with E-state index < -0.39 is 0 Å². The molecule has 0 bridgehead atoms. The third kappa shape index (κ3) is 2.54. The van der Waals surface area contributed by atoms with Crippen molar-refractivity contribution in [2.45, 2.75) is 25.4 Å². The topological polar surface area (TPSA) is 78.0 Å². The molecule has 96 valence electrons. The monoisotopic (exact) mass is 247 g/mol. The fourth-order valence-corrected chi connectivity index (χ4v) is 2.42. The Morgan fingerprint density at radius 1 is 1.67 bits per heavy atom. The summed E-state index contributed by atoms with van der Waals surface area (Å²) in [6, 6.07) is 3.58. The Bertz CT molecular complexity index is 487. The number of hydrogen-bond acceptors (Lipinski definition) is 3. The minimum Gasteiger partial charge on any atom is -0.393 e. The second-order valence-corrected chi connectivity index (χ2v) is 4.81. The van der Waals surface area contributed by atoms with E-state index in [0.717, 1.165) is 19.3 Å². The third-order valence-corrected chi connectivity index (χ3v) is 3.51. The summed E-state index contributed by atoms with van der Waals surface area (Å²) in [7, 11) is 1.74. The van der Waals surface area contributed by atoms with E-state index in [1.165, 1.54) is 0 Å². The molecule has 1 aliphatic rings. The molecule has 2 unspecified atom stereocenters. The molecule has 5 heteroatoms. The highest BCUT2D eigenvalue weighted by molar-refractivity contribution is 5.93. The van der Waals surface area contributed by atoms with Gasteiger partial charge in [0.05, 0.1) is 11.7 Å². The predicted molar refractivity (Wildman–Crippen MR) is 65.8 cm³/mol. The first-order valence-corrected chi connectivity index (χ1v) is 6.14. The molecule has 1 amide bonds. The number of aromatic nitrogens is 1. The van der Waals surface area contributed by atoms with Gasteiger partial charge in [0, 0.05) is 25.7 Å². The smallest absolute Gasteiger partial charge is 0.267 e. The zero-order valence-electron chi connectivity index (χ0n) is 10.4. The first-order valence-electron chi connectivity index (χ1n) is 6.14. The van der Waals surface area contributed by atoms with Crippen molar-refractivity contribution < 1.29 is 9.90 Å². The minimum atomic E-state index is -0.298. The second kappa shape index (κ2) is 5.23. The van der Waals surface area contributed by atoms with Crippen molar-refractivity contribution in [3.63, 3.8) is 0 Å². The fraction of sp³-hybridized carbons (Fsp3) is 0.538. The number of aliphatic hydroxyl groups excluding tert-OH is 1. The normalized spacial score (nSPS) is 22.7. The number of nitriles is 1. The van der Waals surface area contributed by atoms with Crippen LogP contribution in [0.4, 0.5) is 0 Å². The van der Waals surface area contributed by atoms with Crippen LogP contribution in [0.5, 0.6) is 0 Å². The van der Waals surface area contributed by atoms with E-state index in [1.54, 1.807) is 23.9 Å². The molecule has 0 aromatic carbocycles. The lowest BCUT2D eigenvalue weighted by Crippen LogP contribution is -2.33. The Morgan fingerprint density at radius 2 is 2.44 bits per heavy atom. The number of amides is 1. The van der Waals surface area contributed by atoms with Crippen molar-refractivity contribution >= 4 is 5.91 Å². The Labute approximate surface area is 106 Å². The molecular formula is C13H17N3O2. The van der Waals surface area contributed by atoms with E-state index in [2.05, 4.69) is 5.32 Å². The number of rotatable bonds is 3. The van der Waals surface area contributed by atoms with Gasteiger partial charge in [0.25, 0.3) is 5.91 Å². The van der Waals surface area contributed by atoms with Gasteiger partial charge in [-0.25, -0.2) is 0 Å².